The lowest BCUT2D eigenvalue weighted by atomic mass is 9.98. The van der Waals surface area contributed by atoms with Crippen LogP contribution in [0.4, 0.5) is 13.2 Å². The second-order valence-corrected chi connectivity index (χ2v) is 8.40. The molecule has 0 fully saturated rings. The molecule has 2 nitrogen and oxygen atoms in total. The third-order valence-electron chi connectivity index (χ3n) is 3.82. The van der Waals surface area contributed by atoms with Gasteiger partial charge in [0.1, 0.15) is 22.3 Å². The summed E-state index contributed by atoms with van der Waals surface area (Å²) in [5.74, 6) is -2.67. The van der Waals surface area contributed by atoms with Crippen LogP contribution in [0.5, 0.6) is 0 Å². The maximum atomic E-state index is 14.2. The number of thiophene rings is 1. The summed E-state index contributed by atoms with van der Waals surface area (Å²) in [6, 6.07) is 6.67. The van der Waals surface area contributed by atoms with Gasteiger partial charge in [0.2, 0.25) is 0 Å². The summed E-state index contributed by atoms with van der Waals surface area (Å²) >= 11 is 1.30. The van der Waals surface area contributed by atoms with Crippen LogP contribution in [0.25, 0.3) is 22.3 Å². The molecule has 0 saturated carbocycles. The Balaban J connectivity index is 2.17. The predicted octanol–water partition coefficient (Wildman–Crippen LogP) is 5.21. The highest BCUT2D eigenvalue weighted by Gasteiger charge is 2.22. The first kappa shape index (κ1) is 17.7. The zero-order valence-electron chi connectivity index (χ0n) is 13.3. The van der Waals surface area contributed by atoms with Crippen molar-refractivity contribution in [3.8, 4) is 22.3 Å². The molecule has 0 aliphatic heterocycles. The van der Waals surface area contributed by atoms with E-state index in [4.69, 9.17) is 0 Å². The van der Waals surface area contributed by atoms with Crippen molar-refractivity contribution in [2.24, 2.45) is 0 Å². The van der Waals surface area contributed by atoms with Crippen molar-refractivity contribution in [2.45, 2.75) is 11.8 Å². The Kier molecular flexibility index (Phi) is 4.47. The zero-order chi connectivity index (χ0) is 18.4. The molecule has 0 saturated heterocycles. The molecule has 0 unspecified atom stereocenters. The fourth-order valence-electron chi connectivity index (χ4n) is 2.57. The van der Waals surface area contributed by atoms with Crippen LogP contribution in [-0.4, -0.2) is 14.7 Å². The first-order valence-electron chi connectivity index (χ1n) is 7.20. The van der Waals surface area contributed by atoms with Gasteiger partial charge >= 0.3 is 0 Å². The second-order valence-electron chi connectivity index (χ2n) is 5.70. The predicted molar refractivity (Wildman–Crippen MR) is 92.9 cm³/mol. The van der Waals surface area contributed by atoms with Crippen LogP contribution in [0.15, 0.2) is 46.0 Å². The lowest BCUT2D eigenvalue weighted by Crippen LogP contribution is -2.04. The van der Waals surface area contributed by atoms with Gasteiger partial charge in [-0.25, -0.2) is 21.6 Å². The molecule has 2 aromatic carbocycles. The van der Waals surface area contributed by atoms with Crippen molar-refractivity contribution >= 4 is 21.2 Å². The van der Waals surface area contributed by atoms with Gasteiger partial charge in [0.15, 0.2) is 9.84 Å². The molecule has 0 atom stereocenters. The minimum absolute atomic E-state index is 0.194. The summed E-state index contributed by atoms with van der Waals surface area (Å²) in [5, 5.41) is 3.43. The molecule has 0 spiro atoms. The quantitative estimate of drug-likeness (QED) is 0.623. The average molecular weight is 382 g/mol. The minimum Gasteiger partial charge on any atom is -0.224 e. The topological polar surface area (TPSA) is 34.1 Å². The number of rotatable bonds is 3. The molecular weight excluding hydrogens is 369 g/mol. The van der Waals surface area contributed by atoms with Crippen molar-refractivity contribution in [3.63, 3.8) is 0 Å². The molecule has 130 valence electrons. The molecule has 25 heavy (non-hydrogen) atoms. The van der Waals surface area contributed by atoms with E-state index in [1.54, 1.807) is 29.8 Å². The van der Waals surface area contributed by atoms with Crippen LogP contribution in [0.1, 0.15) is 5.56 Å². The summed E-state index contributed by atoms with van der Waals surface area (Å²) in [4.78, 5) is -0.950. The molecule has 0 radical (unpaired) electrons. The Morgan fingerprint density at radius 2 is 1.36 bits per heavy atom. The molecule has 0 amide bonds. The van der Waals surface area contributed by atoms with E-state index in [1.165, 1.54) is 17.4 Å². The highest BCUT2D eigenvalue weighted by atomic mass is 32.2. The first-order valence-corrected chi connectivity index (χ1v) is 10.0. The number of sulfone groups is 1. The molecular formula is C18H13F3O2S2. The number of aryl methyl sites for hydroxylation is 1. The van der Waals surface area contributed by atoms with Crippen molar-refractivity contribution in [1.29, 1.82) is 0 Å². The number of hydrogen-bond donors (Lipinski definition) is 0. The van der Waals surface area contributed by atoms with Crippen LogP contribution in [0.2, 0.25) is 0 Å². The largest absolute Gasteiger partial charge is 0.224 e. The fourth-order valence-corrected chi connectivity index (χ4v) is 4.27. The highest BCUT2D eigenvalue weighted by Crippen LogP contribution is 2.37. The molecule has 3 rings (SSSR count). The number of hydrogen-bond acceptors (Lipinski definition) is 3. The first-order chi connectivity index (χ1) is 11.7. The molecule has 3 aromatic rings. The standard InChI is InChI=1S/C18H13F3O2S2/c1-10-3-4-11(5-15(10)19)13-8-24-9-14(13)12-6-16(20)18(17(21)7-12)25(2,22)23/h3-9H,1-2H3. The lowest BCUT2D eigenvalue weighted by molar-refractivity contribution is 0.522. The summed E-state index contributed by atoms with van der Waals surface area (Å²) < 4.78 is 65.2. The van der Waals surface area contributed by atoms with E-state index in [2.05, 4.69) is 0 Å². The van der Waals surface area contributed by atoms with Crippen molar-refractivity contribution in [1.82, 2.24) is 0 Å². The van der Waals surface area contributed by atoms with Crippen molar-refractivity contribution in [3.05, 3.63) is 64.1 Å². The van der Waals surface area contributed by atoms with E-state index in [-0.39, 0.29) is 11.4 Å². The van der Waals surface area contributed by atoms with Gasteiger partial charge < -0.3 is 0 Å². The van der Waals surface area contributed by atoms with Crippen molar-refractivity contribution < 1.29 is 21.6 Å². The van der Waals surface area contributed by atoms with Crippen molar-refractivity contribution in [2.75, 3.05) is 6.26 Å². The molecule has 1 aromatic heterocycles. The van der Waals surface area contributed by atoms with Gasteiger partial charge in [0.25, 0.3) is 0 Å². The molecule has 0 aliphatic carbocycles. The summed E-state index contributed by atoms with van der Waals surface area (Å²) in [6.45, 7) is 1.64. The maximum absolute atomic E-state index is 14.2. The summed E-state index contributed by atoms with van der Waals surface area (Å²) in [7, 11) is -4.02. The molecule has 1 heterocycles. The summed E-state index contributed by atoms with van der Waals surface area (Å²) in [5.41, 5.74) is 2.39. The minimum atomic E-state index is -4.02. The fraction of sp³-hybridized carbons (Fsp3) is 0.111. The van der Waals surface area contributed by atoms with Gasteiger partial charge in [-0.3, -0.25) is 0 Å². The van der Waals surface area contributed by atoms with E-state index in [1.807, 2.05) is 0 Å². The Bertz CT molecular complexity index is 1050. The average Bonchev–Trinajstić information content (AvgIpc) is 2.97. The Morgan fingerprint density at radius 1 is 0.840 bits per heavy atom. The highest BCUT2D eigenvalue weighted by molar-refractivity contribution is 7.90. The van der Waals surface area contributed by atoms with Crippen LogP contribution in [-0.2, 0) is 9.84 Å². The van der Waals surface area contributed by atoms with Gasteiger partial charge in [-0.05, 0) is 52.6 Å². The van der Waals surface area contributed by atoms with Crippen LogP contribution in [0, 0.1) is 24.4 Å². The number of halogens is 3. The normalized spacial score (nSPS) is 11.7. The Morgan fingerprint density at radius 3 is 1.88 bits per heavy atom. The molecule has 7 heteroatoms. The lowest BCUT2D eigenvalue weighted by Gasteiger charge is -2.09. The van der Waals surface area contributed by atoms with E-state index in [0.29, 0.717) is 22.3 Å². The number of benzene rings is 2. The van der Waals surface area contributed by atoms with Crippen LogP contribution in [0.3, 0.4) is 0 Å². The molecule has 0 N–H and O–H groups in total. The van der Waals surface area contributed by atoms with E-state index < -0.39 is 26.4 Å². The molecule has 0 aliphatic rings. The monoisotopic (exact) mass is 382 g/mol. The van der Waals surface area contributed by atoms with Gasteiger partial charge in [0.05, 0.1) is 0 Å². The SMILES string of the molecule is Cc1ccc(-c2cscc2-c2cc(F)c(S(C)(=O)=O)c(F)c2)cc1F. The second kappa shape index (κ2) is 6.31. The third kappa shape index (κ3) is 3.34. The third-order valence-corrected chi connectivity index (χ3v) is 5.70. The van der Waals surface area contributed by atoms with E-state index >= 15 is 0 Å². The maximum Gasteiger partial charge on any atom is 0.181 e. The zero-order valence-corrected chi connectivity index (χ0v) is 14.9. The summed E-state index contributed by atoms with van der Waals surface area (Å²) in [6.07, 6.45) is 0.749. The van der Waals surface area contributed by atoms with E-state index in [0.717, 1.165) is 18.4 Å². The molecule has 0 bridgehead atoms. The van der Waals surface area contributed by atoms with Gasteiger partial charge in [-0.1, -0.05) is 12.1 Å². The Labute approximate surface area is 147 Å². The van der Waals surface area contributed by atoms with Crippen LogP contribution >= 0.6 is 11.3 Å². The van der Waals surface area contributed by atoms with Gasteiger partial charge in [-0.2, -0.15) is 11.3 Å². The van der Waals surface area contributed by atoms with Crippen LogP contribution < -0.4 is 0 Å². The van der Waals surface area contributed by atoms with Gasteiger partial charge in [0, 0.05) is 17.4 Å². The Hall–Kier alpha value is -2.12. The van der Waals surface area contributed by atoms with Gasteiger partial charge in [-0.15, -0.1) is 0 Å². The van der Waals surface area contributed by atoms with E-state index in [9.17, 15) is 21.6 Å². The smallest absolute Gasteiger partial charge is 0.181 e.